The Morgan fingerprint density at radius 1 is 1.57 bits per heavy atom. The lowest BCUT2D eigenvalue weighted by Gasteiger charge is -2.23. The van der Waals surface area contributed by atoms with Crippen molar-refractivity contribution in [2.45, 2.75) is 19.1 Å². The highest BCUT2D eigenvalue weighted by molar-refractivity contribution is 5.41. The SMILES string of the molecule is N[C@@H]1CCOc2cc(CO)cc(F)c21. The summed E-state index contributed by atoms with van der Waals surface area (Å²) in [6.45, 7) is 0.311. The molecule has 1 heterocycles. The summed E-state index contributed by atoms with van der Waals surface area (Å²) in [4.78, 5) is 0. The van der Waals surface area contributed by atoms with Gasteiger partial charge in [-0.2, -0.15) is 0 Å². The van der Waals surface area contributed by atoms with Crippen molar-refractivity contribution in [1.29, 1.82) is 0 Å². The predicted octanol–water partition coefficient (Wildman–Crippen LogP) is 1.10. The summed E-state index contributed by atoms with van der Waals surface area (Å²) in [5.74, 6) is 0.0755. The number of fused-ring (bicyclic) bond motifs is 1. The van der Waals surface area contributed by atoms with Gasteiger partial charge in [-0.25, -0.2) is 4.39 Å². The molecule has 3 nitrogen and oxygen atoms in total. The molecule has 0 saturated carbocycles. The predicted molar refractivity (Wildman–Crippen MR) is 49.4 cm³/mol. The molecule has 4 heteroatoms. The Morgan fingerprint density at radius 2 is 2.36 bits per heavy atom. The van der Waals surface area contributed by atoms with Crippen LogP contribution in [-0.4, -0.2) is 11.7 Å². The fourth-order valence-corrected chi connectivity index (χ4v) is 1.66. The number of benzene rings is 1. The van der Waals surface area contributed by atoms with E-state index < -0.39 is 5.82 Å². The minimum atomic E-state index is -0.390. The second-order valence-corrected chi connectivity index (χ2v) is 3.39. The molecule has 0 fully saturated rings. The van der Waals surface area contributed by atoms with E-state index in [0.717, 1.165) is 0 Å². The molecule has 0 amide bonds. The quantitative estimate of drug-likeness (QED) is 0.708. The average molecular weight is 197 g/mol. The molecule has 0 saturated heterocycles. The second-order valence-electron chi connectivity index (χ2n) is 3.39. The van der Waals surface area contributed by atoms with Crippen molar-refractivity contribution in [2.75, 3.05) is 6.61 Å². The maximum atomic E-state index is 13.5. The lowest BCUT2D eigenvalue weighted by Crippen LogP contribution is -2.22. The molecule has 1 atom stereocenters. The molecular weight excluding hydrogens is 185 g/mol. The standard InChI is InChI=1S/C10H12FNO2/c11-7-3-6(5-13)4-9-10(7)8(12)1-2-14-9/h3-4,8,13H,1-2,5,12H2/t8-/m1/s1. The van der Waals surface area contributed by atoms with E-state index >= 15 is 0 Å². The van der Waals surface area contributed by atoms with Gasteiger partial charge >= 0.3 is 0 Å². The van der Waals surface area contributed by atoms with Crippen LogP contribution in [0.25, 0.3) is 0 Å². The van der Waals surface area contributed by atoms with Crippen LogP contribution in [0.1, 0.15) is 23.6 Å². The van der Waals surface area contributed by atoms with Crippen LogP contribution < -0.4 is 10.5 Å². The Balaban J connectivity index is 2.51. The number of rotatable bonds is 1. The monoisotopic (exact) mass is 197 g/mol. The lowest BCUT2D eigenvalue weighted by molar-refractivity contribution is 0.257. The minimum Gasteiger partial charge on any atom is -0.493 e. The van der Waals surface area contributed by atoms with Gasteiger partial charge in [-0.1, -0.05) is 0 Å². The zero-order valence-corrected chi connectivity index (χ0v) is 7.66. The first kappa shape index (κ1) is 9.43. The van der Waals surface area contributed by atoms with E-state index in [1.165, 1.54) is 6.07 Å². The van der Waals surface area contributed by atoms with Crippen LogP contribution in [0, 0.1) is 5.82 Å². The highest BCUT2D eigenvalue weighted by Gasteiger charge is 2.22. The zero-order chi connectivity index (χ0) is 10.1. The molecule has 0 bridgehead atoms. The molecule has 2 rings (SSSR count). The maximum absolute atomic E-state index is 13.5. The zero-order valence-electron chi connectivity index (χ0n) is 7.66. The molecule has 14 heavy (non-hydrogen) atoms. The fourth-order valence-electron chi connectivity index (χ4n) is 1.66. The third-order valence-corrected chi connectivity index (χ3v) is 2.39. The fraction of sp³-hybridized carbons (Fsp3) is 0.400. The Bertz CT molecular complexity index is 354. The minimum absolute atomic E-state index is 0.192. The van der Waals surface area contributed by atoms with Gasteiger partial charge in [0.05, 0.1) is 13.2 Å². The summed E-state index contributed by atoms with van der Waals surface area (Å²) < 4.78 is 18.8. The summed E-state index contributed by atoms with van der Waals surface area (Å²) in [5.41, 5.74) is 6.69. The first-order valence-corrected chi connectivity index (χ1v) is 4.54. The molecule has 1 aliphatic rings. The van der Waals surface area contributed by atoms with Crippen molar-refractivity contribution in [3.8, 4) is 5.75 Å². The molecule has 76 valence electrons. The second kappa shape index (κ2) is 3.55. The van der Waals surface area contributed by atoms with Gasteiger partial charge in [-0.05, 0) is 17.7 Å². The molecule has 1 aliphatic heterocycles. The summed E-state index contributed by atoms with van der Waals surface area (Å²) in [6.07, 6.45) is 0.627. The summed E-state index contributed by atoms with van der Waals surface area (Å²) in [5, 5.41) is 8.88. The van der Waals surface area contributed by atoms with Crippen LogP contribution in [-0.2, 0) is 6.61 Å². The van der Waals surface area contributed by atoms with Crippen molar-refractivity contribution in [3.05, 3.63) is 29.1 Å². The number of aliphatic hydroxyl groups is 1. The summed E-state index contributed by atoms with van der Waals surface area (Å²) >= 11 is 0. The third-order valence-electron chi connectivity index (χ3n) is 2.39. The van der Waals surface area contributed by atoms with Crippen LogP contribution in [0.5, 0.6) is 5.75 Å². The lowest BCUT2D eigenvalue weighted by atomic mass is 9.99. The van der Waals surface area contributed by atoms with Gasteiger partial charge in [-0.15, -0.1) is 0 Å². The number of ether oxygens (including phenoxy) is 1. The van der Waals surface area contributed by atoms with Gasteiger partial charge in [0.1, 0.15) is 11.6 Å². The van der Waals surface area contributed by atoms with E-state index in [4.69, 9.17) is 15.6 Å². The van der Waals surface area contributed by atoms with E-state index in [0.29, 0.717) is 29.9 Å². The van der Waals surface area contributed by atoms with Gasteiger partial charge in [0.2, 0.25) is 0 Å². The smallest absolute Gasteiger partial charge is 0.132 e. The van der Waals surface area contributed by atoms with Crippen LogP contribution in [0.2, 0.25) is 0 Å². The van der Waals surface area contributed by atoms with Gasteiger partial charge in [0.15, 0.2) is 0 Å². The average Bonchev–Trinajstić information content (AvgIpc) is 2.17. The van der Waals surface area contributed by atoms with E-state index in [2.05, 4.69) is 0 Å². The maximum Gasteiger partial charge on any atom is 0.132 e. The van der Waals surface area contributed by atoms with E-state index in [-0.39, 0.29) is 12.6 Å². The van der Waals surface area contributed by atoms with Crippen molar-refractivity contribution in [3.63, 3.8) is 0 Å². The summed E-state index contributed by atoms with van der Waals surface area (Å²) in [7, 11) is 0. The first-order valence-electron chi connectivity index (χ1n) is 4.54. The molecule has 0 unspecified atom stereocenters. The molecule has 1 aromatic rings. The van der Waals surface area contributed by atoms with E-state index in [1.807, 2.05) is 0 Å². The number of nitrogens with two attached hydrogens (primary N) is 1. The normalized spacial score (nSPS) is 20.1. The van der Waals surface area contributed by atoms with Crippen LogP contribution in [0.15, 0.2) is 12.1 Å². The molecule has 3 N–H and O–H groups in total. The number of hydrogen-bond acceptors (Lipinski definition) is 3. The molecule has 0 aliphatic carbocycles. The molecule has 0 radical (unpaired) electrons. The molecule has 1 aromatic carbocycles. The van der Waals surface area contributed by atoms with Crippen molar-refractivity contribution >= 4 is 0 Å². The Morgan fingerprint density at radius 3 is 3.07 bits per heavy atom. The first-order chi connectivity index (χ1) is 6.72. The van der Waals surface area contributed by atoms with Gasteiger partial charge in [0, 0.05) is 18.0 Å². The highest BCUT2D eigenvalue weighted by Crippen LogP contribution is 2.33. The van der Waals surface area contributed by atoms with Crippen molar-refractivity contribution in [1.82, 2.24) is 0 Å². The van der Waals surface area contributed by atoms with Crippen LogP contribution in [0.4, 0.5) is 4.39 Å². The largest absolute Gasteiger partial charge is 0.493 e. The van der Waals surface area contributed by atoms with Gasteiger partial charge in [-0.3, -0.25) is 0 Å². The Labute approximate surface area is 81.3 Å². The highest BCUT2D eigenvalue weighted by atomic mass is 19.1. The number of halogens is 1. The number of hydrogen-bond donors (Lipinski definition) is 2. The van der Waals surface area contributed by atoms with Crippen molar-refractivity contribution < 1.29 is 14.2 Å². The van der Waals surface area contributed by atoms with Gasteiger partial charge < -0.3 is 15.6 Å². The van der Waals surface area contributed by atoms with Crippen LogP contribution >= 0.6 is 0 Å². The molecule has 0 aromatic heterocycles. The van der Waals surface area contributed by atoms with E-state index in [9.17, 15) is 4.39 Å². The molecular formula is C10H12FNO2. The third kappa shape index (κ3) is 1.47. The van der Waals surface area contributed by atoms with Crippen LogP contribution in [0.3, 0.4) is 0 Å². The molecule has 0 spiro atoms. The van der Waals surface area contributed by atoms with Crippen molar-refractivity contribution in [2.24, 2.45) is 5.73 Å². The number of aliphatic hydroxyl groups excluding tert-OH is 1. The van der Waals surface area contributed by atoms with E-state index in [1.54, 1.807) is 6.07 Å². The van der Waals surface area contributed by atoms with Gasteiger partial charge in [0.25, 0.3) is 0 Å². The Hall–Kier alpha value is -1.13. The summed E-state index contributed by atoms with van der Waals surface area (Å²) in [6, 6.07) is 2.64. The Kier molecular flexibility index (Phi) is 2.39. The topological polar surface area (TPSA) is 55.5 Å².